The van der Waals surface area contributed by atoms with Gasteiger partial charge in [-0.05, 0) is 6.26 Å². The van der Waals surface area contributed by atoms with Gasteiger partial charge in [-0.1, -0.05) is 0 Å². The highest BCUT2D eigenvalue weighted by molar-refractivity contribution is 7.98. The zero-order valence-corrected chi connectivity index (χ0v) is 7.39. The minimum atomic E-state index is -0.225. The minimum Gasteiger partial charge on any atom is -0.328 e. The Balaban J connectivity index is 3.28. The number of nitrogens with one attached hydrogen (secondary N) is 1. The standard InChI is InChI=1S/C6H14N2O2S/c1-11-5-6(4-9)8-10-3-2-7/h4,6,8H,2-3,5,7H2,1H3/t6-/m1/s1. The van der Waals surface area contributed by atoms with Crippen LogP contribution in [0.4, 0.5) is 0 Å². The Morgan fingerprint density at radius 2 is 2.55 bits per heavy atom. The summed E-state index contributed by atoms with van der Waals surface area (Å²) in [5, 5.41) is 0. The second-order valence-corrected chi connectivity index (χ2v) is 2.86. The Kier molecular flexibility index (Phi) is 7.93. The fourth-order valence-corrected chi connectivity index (χ4v) is 1.01. The van der Waals surface area contributed by atoms with Crippen molar-refractivity contribution in [3.63, 3.8) is 0 Å². The molecule has 0 radical (unpaired) electrons. The van der Waals surface area contributed by atoms with E-state index in [0.717, 1.165) is 6.29 Å². The van der Waals surface area contributed by atoms with Crippen molar-refractivity contribution < 1.29 is 9.63 Å². The summed E-state index contributed by atoms with van der Waals surface area (Å²) in [5.74, 6) is 0.716. The molecule has 0 aliphatic carbocycles. The summed E-state index contributed by atoms with van der Waals surface area (Å²) in [6, 6.07) is -0.225. The third-order valence-corrected chi connectivity index (χ3v) is 1.66. The highest BCUT2D eigenvalue weighted by Crippen LogP contribution is 1.94. The first kappa shape index (κ1) is 10.9. The monoisotopic (exact) mass is 178 g/mol. The van der Waals surface area contributed by atoms with Crippen molar-refractivity contribution in [2.45, 2.75) is 6.04 Å². The molecule has 0 aromatic carbocycles. The number of hydroxylamine groups is 1. The van der Waals surface area contributed by atoms with E-state index in [9.17, 15) is 4.79 Å². The first-order chi connectivity index (χ1) is 5.35. The van der Waals surface area contributed by atoms with E-state index in [1.165, 1.54) is 0 Å². The maximum absolute atomic E-state index is 10.3. The van der Waals surface area contributed by atoms with Gasteiger partial charge in [0.1, 0.15) is 6.29 Å². The summed E-state index contributed by atoms with van der Waals surface area (Å²) >= 11 is 1.59. The average Bonchev–Trinajstić information content (AvgIpc) is 2.03. The number of carbonyl (C=O) groups excluding carboxylic acids is 1. The molecular weight excluding hydrogens is 164 g/mol. The molecule has 0 aromatic rings. The van der Waals surface area contributed by atoms with E-state index in [4.69, 9.17) is 10.6 Å². The lowest BCUT2D eigenvalue weighted by atomic mass is 10.4. The van der Waals surface area contributed by atoms with Gasteiger partial charge in [0, 0.05) is 12.3 Å². The molecule has 1 atom stereocenters. The van der Waals surface area contributed by atoms with Crippen molar-refractivity contribution in [2.24, 2.45) is 5.73 Å². The Bertz CT molecular complexity index is 103. The number of nitrogens with two attached hydrogens (primary N) is 1. The molecule has 3 N–H and O–H groups in total. The molecular formula is C6H14N2O2S. The molecule has 66 valence electrons. The normalized spacial score (nSPS) is 12.9. The van der Waals surface area contributed by atoms with Crippen LogP contribution in [0.1, 0.15) is 0 Å². The van der Waals surface area contributed by atoms with Crippen LogP contribution in [0.2, 0.25) is 0 Å². The lowest BCUT2D eigenvalue weighted by Gasteiger charge is -2.09. The number of aldehydes is 1. The number of hydrogen-bond acceptors (Lipinski definition) is 5. The van der Waals surface area contributed by atoms with Crippen LogP contribution < -0.4 is 11.2 Å². The van der Waals surface area contributed by atoms with Crippen molar-refractivity contribution in [1.82, 2.24) is 5.48 Å². The highest BCUT2D eigenvalue weighted by atomic mass is 32.2. The summed E-state index contributed by atoms with van der Waals surface area (Å²) in [6.07, 6.45) is 2.76. The Morgan fingerprint density at radius 3 is 3.00 bits per heavy atom. The lowest BCUT2D eigenvalue weighted by molar-refractivity contribution is -0.112. The van der Waals surface area contributed by atoms with E-state index >= 15 is 0 Å². The van der Waals surface area contributed by atoms with Crippen LogP contribution in [-0.4, -0.2) is 37.5 Å². The first-order valence-electron chi connectivity index (χ1n) is 3.36. The third-order valence-electron chi connectivity index (χ3n) is 0.965. The van der Waals surface area contributed by atoms with Gasteiger partial charge in [0.2, 0.25) is 0 Å². The fraction of sp³-hybridized carbons (Fsp3) is 0.833. The Morgan fingerprint density at radius 1 is 1.82 bits per heavy atom. The average molecular weight is 178 g/mol. The molecule has 0 unspecified atom stereocenters. The quantitative estimate of drug-likeness (QED) is 0.309. The predicted octanol–water partition coefficient (Wildman–Crippen LogP) is -0.603. The third kappa shape index (κ3) is 6.30. The highest BCUT2D eigenvalue weighted by Gasteiger charge is 2.03. The Hall–Kier alpha value is -0.100. The molecule has 4 nitrogen and oxygen atoms in total. The second-order valence-electron chi connectivity index (χ2n) is 1.95. The van der Waals surface area contributed by atoms with Crippen LogP contribution in [0.5, 0.6) is 0 Å². The summed E-state index contributed by atoms with van der Waals surface area (Å²) < 4.78 is 0. The molecule has 5 heteroatoms. The van der Waals surface area contributed by atoms with Crippen molar-refractivity contribution >= 4 is 18.0 Å². The zero-order valence-electron chi connectivity index (χ0n) is 6.58. The molecule has 0 aromatic heterocycles. The topological polar surface area (TPSA) is 64.3 Å². The minimum absolute atomic E-state index is 0.225. The van der Waals surface area contributed by atoms with Gasteiger partial charge in [-0.25, -0.2) is 0 Å². The number of thioether (sulfide) groups is 1. The first-order valence-corrected chi connectivity index (χ1v) is 4.76. The summed E-state index contributed by atoms with van der Waals surface area (Å²) in [5.41, 5.74) is 7.77. The van der Waals surface area contributed by atoms with E-state index in [1.54, 1.807) is 11.8 Å². The Labute approximate surface area is 70.8 Å². The molecule has 0 saturated heterocycles. The van der Waals surface area contributed by atoms with Crippen molar-refractivity contribution in [1.29, 1.82) is 0 Å². The predicted molar refractivity (Wildman–Crippen MR) is 46.4 cm³/mol. The smallest absolute Gasteiger partial charge is 0.140 e. The summed E-state index contributed by atoms with van der Waals surface area (Å²) in [6.45, 7) is 0.885. The lowest BCUT2D eigenvalue weighted by Crippen LogP contribution is -2.34. The van der Waals surface area contributed by atoms with Crippen molar-refractivity contribution in [2.75, 3.05) is 25.2 Å². The largest absolute Gasteiger partial charge is 0.328 e. The van der Waals surface area contributed by atoms with Gasteiger partial charge in [-0.15, -0.1) is 0 Å². The molecule has 0 bridgehead atoms. The van der Waals surface area contributed by atoms with E-state index < -0.39 is 0 Å². The van der Waals surface area contributed by atoms with E-state index in [-0.39, 0.29) is 6.04 Å². The molecule has 0 saturated carbocycles. The SMILES string of the molecule is CSC[C@@H](C=O)NOCCN. The van der Waals surface area contributed by atoms with Gasteiger partial charge < -0.3 is 10.5 Å². The van der Waals surface area contributed by atoms with Crippen molar-refractivity contribution in [3.05, 3.63) is 0 Å². The maximum Gasteiger partial charge on any atom is 0.140 e. The van der Waals surface area contributed by atoms with E-state index in [2.05, 4.69) is 5.48 Å². The summed E-state index contributed by atoms with van der Waals surface area (Å²) in [4.78, 5) is 15.2. The number of hydrogen-bond donors (Lipinski definition) is 2. The summed E-state index contributed by atoms with van der Waals surface area (Å²) in [7, 11) is 0. The fourth-order valence-electron chi connectivity index (χ4n) is 0.506. The van der Waals surface area contributed by atoms with Crippen LogP contribution in [0.3, 0.4) is 0 Å². The van der Waals surface area contributed by atoms with Gasteiger partial charge in [0.15, 0.2) is 0 Å². The zero-order chi connectivity index (χ0) is 8.53. The molecule has 0 spiro atoms. The van der Waals surface area contributed by atoms with E-state index in [1.807, 2.05) is 6.26 Å². The van der Waals surface area contributed by atoms with Crippen molar-refractivity contribution in [3.8, 4) is 0 Å². The molecule has 0 heterocycles. The van der Waals surface area contributed by atoms with Crippen LogP contribution >= 0.6 is 11.8 Å². The number of rotatable bonds is 7. The molecule has 0 aliphatic heterocycles. The molecule has 0 aliphatic rings. The van der Waals surface area contributed by atoms with Gasteiger partial charge >= 0.3 is 0 Å². The van der Waals surface area contributed by atoms with Gasteiger partial charge in [0.25, 0.3) is 0 Å². The maximum atomic E-state index is 10.3. The molecule has 11 heavy (non-hydrogen) atoms. The van der Waals surface area contributed by atoms with Gasteiger partial charge in [0.05, 0.1) is 12.6 Å². The van der Waals surface area contributed by atoms with Crippen LogP contribution in [0, 0.1) is 0 Å². The van der Waals surface area contributed by atoms with Gasteiger partial charge in [-0.2, -0.15) is 17.2 Å². The van der Waals surface area contributed by atoms with Crippen LogP contribution in [0.15, 0.2) is 0 Å². The molecule has 0 fully saturated rings. The second kappa shape index (κ2) is 8.00. The van der Waals surface area contributed by atoms with Gasteiger partial charge in [-0.3, -0.25) is 4.84 Å². The molecule has 0 amide bonds. The van der Waals surface area contributed by atoms with Crippen LogP contribution in [0.25, 0.3) is 0 Å². The van der Waals surface area contributed by atoms with Crippen LogP contribution in [-0.2, 0) is 9.63 Å². The number of carbonyl (C=O) groups is 1. The van der Waals surface area contributed by atoms with E-state index in [0.29, 0.717) is 18.9 Å². The molecule has 0 rings (SSSR count).